The number of nitro benzene ring substituents is 1. The molecule has 0 amide bonds. The molecule has 13 heavy (non-hydrogen) atoms. The van der Waals surface area contributed by atoms with E-state index in [0.29, 0.717) is 5.56 Å². The SMILES string of the molecule is C[C@@H](N)c1cc([N+](=O)[O-])ccc1O. The first-order valence-electron chi connectivity index (χ1n) is 3.75. The number of non-ortho nitro benzene ring substituents is 1. The summed E-state index contributed by atoms with van der Waals surface area (Å²) in [4.78, 5) is 9.85. The van der Waals surface area contributed by atoms with Gasteiger partial charge >= 0.3 is 0 Å². The Balaban J connectivity index is 3.19. The van der Waals surface area contributed by atoms with Crippen molar-refractivity contribution in [2.24, 2.45) is 5.73 Å². The highest BCUT2D eigenvalue weighted by Crippen LogP contribution is 2.26. The monoisotopic (exact) mass is 182 g/mol. The number of nitrogens with zero attached hydrogens (tertiary/aromatic N) is 1. The van der Waals surface area contributed by atoms with E-state index < -0.39 is 11.0 Å². The Hall–Kier alpha value is -1.62. The zero-order valence-electron chi connectivity index (χ0n) is 7.10. The number of phenolic OH excluding ortho intramolecular Hbond substituents is 1. The third-order valence-electron chi connectivity index (χ3n) is 1.71. The topological polar surface area (TPSA) is 89.4 Å². The van der Waals surface area contributed by atoms with Gasteiger partial charge in [0.15, 0.2) is 0 Å². The molecule has 1 aromatic carbocycles. The van der Waals surface area contributed by atoms with Gasteiger partial charge in [-0.15, -0.1) is 0 Å². The van der Waals surface area contributed by atoms with Crippen LogP contribution in [0.15, 0.2) is 18.2 Å². The van der Waals surface area contributed by atoms with Crippen LogP contribution in [0, 0.1) is 10.1 Å². The number of phenols is 1. The maximum Gasteiger partial charge on any atom is 0.270 e. The van der Waals surface area contributed by atoms with E-state index in [9.17, 15) is 15.2 Å². The van der Waals surface area contributed by atoms with Crippen LogP contribution in [-0.4, -0.2) is 10.0 Å². The van der Waals surface area contributed by atoms with Gasteiger partial charge in [0.25, 0.3) is 5.69 Å². The molecule has 5 heteroatoms. The van der Waals surface area contributed by atoms with Crippen LogP contribution in [0.4, 0.5) is 5.69 Å². The fraction of sp³-hybridized carbons (Fsp3) is 0.250. The van der Waals surface area contributed by atoms with Crippen LogP contribution in [0.1, 0.15) is 18.5 Å². The van der Waals surface area contributed by atoms with E-state index in [1.54, 1.807) is 6.92 Å². The lowest BCUT2D eigenvalue weighted by Crippen LogP contribution is -2.05. The summed E-state index contributed by atoms with van der Waals surface area (Å²) < 4.78 is 0. The minimum absolute atomic E-state index is 0.0133. The predicted molar refractivity (Wildman–Crippen MR) is 47.4 cm³/mol. The molecule has 3 N–H and O–H groups in total. The molecule has 0 aliphatic heterocycles. The summed E-state index contributed by atoms with van der Waals surface area (Å²) >= 11 is 0. The third-order valence-corrected chi connectivity index (χ3v) is 1.71. The van der Waals surface area contributed by atoms with Gasteiger partial charge < -0.3 is 10.8 Å². The maximum absolute atomic E-state index is 10.4. The van der Waals surface area contributed by atoms with Crippen LogP contribution in [0.25, 0.3) is 0 Å². The van der Waals surface area contributed by atoms with Crippen molar-refractivity contribution in [3.63, 3.8) is 0 Å². The Bertz CT molecular complexity index is 336. The molecule has 0 aromatic heterocycles. The highest BCUT2D eigenvalue weighted by Gasteiger charge is 2.12. The Morgan fingerprint density at radius 1 is 1.62 bits per heavy atom. The maximum atomic E-state index is 10.4. The molecule has 0 bridgehead atoms. The zero-order valence-corrected chi connectivity index (χ0v) is 7.10. The van der Waals surface area contributed by atoms with Gasteiger partial charge in [-0.1, -0.05) is 0 Å². The Kier molecular flexibility index (Phi) is 2.48. The van der Waals surface area contributed by atoms with Crippen molar-refractivity contribution in [2.45, 2.75) is 13.0 Å². The molecule has 5 nitrogen and oxygen atoms in total. The lowest BCUT2D eigenvalue weighted by Gasteiger charge is -2.06. The van der Waals surface area contributed by atoms with Gasteiger partial charge in [-0.2, -0.15) is 0 Å². The summed E-state index contributed by atoms with van der Waals surface area (Å²) in [6, 6.07) is 3.37. The molecule has 0 radical (unpaired) electrons. The highest BCUT2D eigenvalue weighted by molar-refractivity contribution is 5.44. The van der Waals surface area contributed by atoms with Crippen molar-refractivity contribution in [1.29, 1.82) is 0 Å². The lowest BCUT2D eigenvalue weighted by atomic mass is 10.1. The molecule has 0 spiro atoms. The largest absolute Gasteiger partial charge is 0.508 e. The lowest BCUT2D eigenvalue weighted by molar-refractivity contribution is -0.385. The fourth-order valence-electron chi connectivity index (χ4n) is 1.02. The third kappa shape index (κ3) is 1.94. The van der Waals surface area contributed by atoms with Crippen LogP contribution in [0.2, 0.25) is 0 Å². The van der Waals surface area contributed by atoms with Crippen molar-refractivity contribution < 1.29 is 10.0 Å². The van der Waals surface area contributed by atoms with E-state index in [0.717, 1.165) is 0 Å². The second-order valence-corrected chi connectivity index (χ2v) is 2.79. The van der Waals surface area contributed by atoms with Crippen molar-refractivity contribution >= 4 is 5.69 Å². The number of hydrogen-bond donors (Lipinski definition) is 2. The summed E-state index contributed by atoms with van der Waals surface area (Å²) in [7, 11) is 0. The molecule has 0 saturated carbocycles. The molecule has 0 saturated heterocycles. The Labute approximate surface area is 74.9 Å². The van der Waals surface area contributed by atoms with Crippen LogP contribution in [0.3, 0.4) is 0 Å². The van der Waals surface area contributed by atoms with E-state index >= 15 is 0 Å². The van der Waals surface area contributed by atoms with Gasteiger partial charge in [0.05, 0.1) is 4.92 Å². The predicted octanol–water partition coefficient (Wildman–Crippen LogP) is 1.32. The molecular weight excluding hydrogens is 172 g/mol. The summed E-state index contributed by atoms with van der Waals surface area (Å²) in [6.07, 6.45) is 0. The molecule has 0 fully saturated rings. The summed E-state index contributed by atoms with van der Waals surface area (Å²) in [6.45, 7) is 1.65. The van der Waals surface area contributed by atoms with E-state index in [2.05, 4.69) is 0 Å². The van der Waals surface area contributed by atoms with Gasteiger partial charge in [-0.05, 0) is 13.0 Å². The Morgan fingerprint density at radius 2 is 2.23 bits per heavy atom. The fourth-order valence-corrected chi connectivity index (χ4v) is 1.02. The number of nitrogens with two attached hydrogens (primary N) is 1. The summed E-state index contributed by atoms with van der Waals surface area (Å²) in [5.41, 5.74) is 5.82. The second-order valence-electron chi connectivity index (χ2n) is 2.79. The van der Waals surface area contributed by atoms with Crippen molar-refractivity contribution in [1.82, 2.24) is 0 Å². The van der Waals surface area contributed by atoms with Gasteiger partial charge in [0.2, 0.25) is 0 Å². The summed E-state index contributed by atoms with van der Waals surface area (Å²) in [5.74, 6) is -0.0133. The van der Waals surface area contributed by atoms with Crippen LogP contribution >= 0.6 is 0 Å². The van der Waals surface area contributed by atoms with Crippen molar-refractivity contribution in [3.8, 4) is 5.75 Å². The van der Waals surface area contributed by atoms with Gasteiger partial charge in [0.1, 0.15) is 5.75 Å². The first-order chi connectivity index (χ1) is 6.02. The second kappa shape index (κ2) is 3.40. The standard InChI is InChI=1S/C8H10N2O3/c1-5(9)7-4-6(10(12)13)2-3-8(7)11/h2-5,11H,9H2,1H3/t5-/m1/s1. The van der Waals surface area contributed by atoms with E-state index in [1.165, 1.54) is 18.2 Å². The number of nitro groups is 1. The normalized spacial score (nSPS) is 12.5. The molecule has 1 rings (SSSR count). The molecule has 1 atom stereocenters. The minimum Gasteiger partial charge on any atom is -0.508 e. The Morgan fingerprint density at radius 3 is 2.69 bits per heavy atom. The minimum atomic E-state index is -0.522. The first-order valence-corrected chi connectivity index (χ1v) is 3.75. The quantitative estimate of drug-likeness (QED) is 0.533. The summed E-state index contributed by atoms with van der Waals surface area (Å²) in [5, 5.41) is 19.7. The molecule has 0 heterocycles. The molecule has 70 valence electrons. The van der Waals surface area contributed by atoms with Crippen molar-refractivity contribution in [3.05, 3.63) is 33.9 Å². The molecular formula is C8H10N2O3. The van der Waals surface area contributed by atoms with E-state index in [4.69, 9.17) is 5.73 Å². The first kappa shape index (κ1) is 9.47. The number of hydrogen-bond acceptors (Lipinski definition) is 4. The molecule has 0 unspecified atom stereocenters. The smallest absolute Gasteiger partial charge is 0.270 e. The van der Waals surface area contributed by atoms with Gasteiger partial charge in [0, 0.05) is 23.7 Å². The van der Waals surface area contributed by atoms with Crippen LogP contribution in [-0.2, 0) is 0 Å². The van der Waals surface area contributed by atoms with E-state index in [1.807, 2.05) is 0 Å². The van der Waals surface area contributed by atoms with Crippen molar-refractivity contribution in [2.75, 3.05) is 0 Å². The highest BCUT2D eigenvalue weighted by atomic mass is 16.6. The number of benzene rings is 1. The average Bonchev–Trinajstić information content (AvgIpc) is 2.04. The molecule has 0 aliphatic rings. The zero-order chi connectivity index (χ0) is 10.0. The van der Waals surface area contributed by atoms with E-state index in [-0.39, 0.29) is 11.4 Å². The molecule has 0 aliphatic carbocycles. The number of aromatic hydroxyl groups is 1. The van der Waals surface area contributed by atoms with Crippen LogP contribution in [0.5, 0.6) is 5.75 Å². The van der Waals surface area contributed by atoms with Gasteiger partial charge in [-0.25, -0.2) is 0 Å². The molecule has 1 aromatic rings. The van der Waals surface area contributed by atoms with Gasteiger partial charge in [-0.3, -0.25) is 10.1 Å². The average molecular weight is 182 g/mol. The number of rotatable bonds is 2. The van der Waals surface area contributed by atoms with Crippen LogP contribution < -0.4 is 5.73 Å².